The standard InChI is InChI=1S/C15H22N2O2S/c18-15(16-13-5-9-19-10-6-13)17-7-3-12(4-8-17)14-2-1-11-20-14/h1-2,11-13H,3-10H2,(H,16,18). The van der Waals surface area contributed by atoms with E-state index in [-0.39, 0.29) is 6.03 Å². The van der Waals surface area contributed by atoms with Crippen LogP contribution in [0.4, 0.5) is 4.79 Å². The van der Waals surface area contributed by atoms with E-state index in [9.17, 15) is 4.79 Å². The molecule has 5 heteroatoms. The van der Waals surface area contributed by atoms with E-state index in [1.807, 2.05) is 16.2 Å². The number of nitrogens with one attached hydrogen (secondary N) is 1. The largest absolute Gasteiger partial charge is 0.381 e. The van der Waals surface area contributed by atoms with Crippen LogP contribution in [-0.4, -0.2) is 43.3 Å². The summed E-state index contributed by atoms with van der Waals surface area (Å²) in [6, 6.07) is 4.74. The topological polar surface area (TPSA) is 41.6 Å². The summed E-state index contributed by atoms with van der Waals surface area (Å²) in [5.41, 5.74) is 0. The van der Waals surface area contributed by atoms with Crippen LogP contribution in [0.15, 0.2) is 17.5 Å². The second-order valence-electron chi connectivity index (χ2n) is 5.61. The summed E-state index contributed by atoms with van der Waals surface area (Å²) in [7, 11) is 0. The van der Waals surface area contributed by atoms with Gasteiger partial charge in [0.15, 0.2) is 0 Å². The fourth-order valence-electron chi connectivity index (χ4n) is 3.00. The van der Waals surface area contributed by atoms with Gasteiger partial charge in [0, 0.05) is 37.2 Å². The highest BCUT2D eigenvalue weighted by Gasteiger charge is 2.26. The predicted molar refractivity (Wildman–Crippen MR) is 80.2 cm³/mol. The lowest BCUT2D eigenvalue weighted by molar-refractivity contribution is 0.0775. The number of likely N-dealkylation sites (tertiary alicyclic amines) is 1. The maximum atomic E-state index is 12.2. The molecule has 0 spiro atoms. The number of piperidine rings is 1. The van der Waals surface area contributed by atoms with Crippen LogP contribution >= 0.6 is 11.3 Å². The molecule has 3 heterocycles. The van der Waals surface area contributed by atoms with Crippen LogP contribution in [0.2, 0.25) is 0 Å². The van der Waals surface area contributed by atoms with E-state index in [1.165, 1.54) is 4.88 Å². The first-order valence-electron chi connectivity index (χ1n) is 7.49. The molecule has 2 saturated heterocycles. The van der Waals surface area contributed by atoms with Gasteiger partial charge in [-0.15, -0.1) is 11.3 Å². The zero-order chi connectivity index (χ0) is 13.8. The lowest BCUT2D eigenvalue weighted by Gasteiger charge is -2.33. The van der Waals surface area contributed by atoms with E-state index in [2.05, 4.69) is 22.8 Å². The number of rotatable bonds is 2. The minimum Gasteiger partial charge on any atom is -0.381 e. The van der Waals surface area contributed by atoms with Gasteiger partial charge in [0.25, 0.3) is 0 Å². The summed E-state index contributed by atoms with van der Waals surface area (Å²) in [6.45, 7) is 3.28. The van der Waals surface area contributed by atoms with Gasteiger partial charge in [-0.3, -0.25) is 0 Å². The number of carbonyl (C=O) groups excluding carboxylic acids is 1. The summed E-state index contributed by atoms with van der Waals surface area (Å²) in [4.78, 5) is 15.7. The number of carbonyl (C=O) groups is 1. The molecule has 110 valence electrons. The predicted octanol–water partition coefficient (Wildman–Crippen LogP) is 2.82. The molecular weight excluding hydrogens is 272 g/mol. The summed E-state index contributed by atoms with van der Waals surface area (Å²) in [5.74, 6) is 0.641. The van der Waals surface area contributed by atoms with E-state index < -0.39 is 0 Å². The average molecular weight is 294 g/mol. The van der Waals surface area contributed by atoms with E-state index in [0.717, 1.165) is 52.0 Å². The molecule has 2 amide bonds. The number of hydrogen-bond donors (Lipinski definition) is 1. The molecule has 0 bridgehead atoms. The maximum absolute atomic E-state index is 12.2. The highest BCUT2D eigenvalue weighted by molar-refractivity contribution is 7.10. The smallest absolute Gasteiger partial charge is 0.317 e. The van der Waals surface area contributed by atoms with Gasteiger partial charge < -0.3 is 15.0 Å². The van der Waals surface area contributed by atoms with E-state index in [1.54, 1.807) is 0 Å². The van der Waals surface area contributed by atoms with Crippen molar-refractivity contribution in [3.8, 4) is 0 Å². The van der Waals surface area contributed by atoms with Gasteiger partial charge in [0.1, 0.15) is 0 Å². The van der Waals surface area contributed by atoms with E-state index >= 15 is 0 Å². The van der Waals surface area contributed by atoms with Crippen molar-refractivity contribution in [2.75, 3.05) is 26.3 Å². The Bertz CT molecular complexity index is 421. The third kappa shape index (κ3) is 3.33. The molecule has 2 aliphatic rings. The van der Waals surface area contributed by atoms with Crippen molar-refractivity contribution >= 4 is 17.4 Å². The summed E-state index contributed by atoms with van der Waals surface area (Å²) >= 11 is 1.83. The number of hydrogen-bond acceptors (Lipinski definition) is 3. The second kappa shape index (κ2) is 6.59. The summed E-state index contributed by atoms with van der Waals surface area (Å²) in [6.07, 6.45) is 4.05. The molecule has 2 aliphatic heterocycles. The number of amides is 2. The van der Waals surface area contributed by atoms with Crippen LogP contribution in [0.1, 0.15) is 36.5 Å². The number of nitrogens with zero attached hydrogens (tertiary/aromatic N) is 1. The average Bonchev–Trinajstić information content (AvgIpc) is 3.03. The van der Waals surface area contributed by atoms with Gasteiger partial charge in [0.05, 0.1) is 0 Å². The summed E-state index contributed by atoms with van der Waals surface area (Å²) < 4.78 is 5.32. The lowest BCUT2D eigenvalue weighted by Crippen LogP contribution is -2.48. The maximum Gasteiger partial charge on any atom is 0.317 e. The van der Waals surface area contributed by atoms with Crippen LogP contribution in [0, 0.1) is 0 Å². The fourth-order valence-corrected chi connectivity index (χ4v) is 3.90. The first-order valence-corrected chi connectivity index (χ1v) is 8.37. The third-order valence-corrected chi connectivity index (χ3v) is 5.31. The molecule has 1 aromatic rings. The van der Waals surface area contributed by atoms with Crippen LogP contribution in [-0.2, 0) is 4.74 Å². The first kappa shape index (κ1) is 13.9. The highest BCUT2D eigenvalue weighted by atomic mass is 32.1. The molecule has 2 fully saturated rings. The van der Waals surface area contributed by atoms with Crippen molar-refractivity contribution < 1.29 is 9.53 Å². The minimum atomic E-state index is 0.113. The molecule has 1 aromatic heterocycles. The van der Waals surface area contributed by atoms with Gasteiger partial charge in [-0.25, -0.2) is 4.79 Å². The molecule has 0 saturated carbocycles. The van der Waals surface area contributed by atoms with Gasteiger partial charge in [0.2, 0.25) is 0 Å². The Kier molecular flexibility index (Phi) is 4.58. The fraction of sp³-hybridized carbons (Fsp3) is 0.667. The highest BCUT2D eigenvalue weighted by Crippen LogP contribution is 2.30. The first-order chi connectivity index (χ1) is 9.83. The molecule has 0 unspecified atom stereocenters. The number of thiophene rings is 1. The quantitative estimate of drug-likeness (QED) is 0.911. The second-order valence-corrected chi connectivity index (χ2v) is 6.59. The SMILES string of the molecule is O=C(NC1CCOCC1)N1CCC(c2cccs2)CC1. The van der Waals surface area contributed by atoms with Crippen molar-refractivity contribution in [1.82, 2.24) is 10.2 Å². The van der Waals surface area contributed by atoms with Crippen LogP contribution in [0.25, 0.3) is 0 Å². The van der Waals surface area contributed by atoms with E-state index in [4.69, 9.17) is 4.74 Å². The van der Waals surface area contributed by atoms with Crippen LogP contribution < -0.4 is 5.32 Å². The Balaban J connectivity index is 1.46. The molecule has 3 rings (SSSR count). The minimum absolute atomic E-state index is 0.113. The molecule has 4 nitrogen and oxygen atoms in total. The van der Waals surface area contributed by atoms with Crippen molar-refractivity contribution in [3.05, 3.63) is 22.4 Å². The Morgan fingerprint density at radius 2 is 2.00 bits per heavy atom. The Labute approximate surface area is 124 Å². The normalized spacial score (nSPS) is 21.9. The van der Waals surface area contributed by atoms with Gasteiger partial charge >= 0.3 is 6.03 Å². The molecular formula is C15H22N2O2S. The lowest BCUT2D eigenvalue weighted by atomic mass is 9.95. The summed E-state index contributed by atoms with van der Waals surface area (Å²) in [5, 5.41) is 5.29. The Hall–Kier alpha value is -1.07. The monoisotopic (exact) mass is 294 g/mol. The molecule has 0 atom stereocenters. The molecule has 0 radical (unpaired) electrons. The Morgan fingerprint density at radius 1 is 1.25 bits per heavy atom. The Morgan fingerprint density at radius 3 is 2.65 bits per heavy atom. The molecule has 0 aliphatic carbocycles. The van der Waals surface area contributed by atoms with Crippen molar-refractivity contribution in [3.63, 3.8) is 0 Å². The molecule has 1 N–H and O–H groups in total. The number of ether oxygens (including phenoxy) is 1. The van der Waals surface area contributed by atoms with Crippen molar-refractivity contribution in [1.29, 1.82) is 0 Å². The van der Waals surface area contributed by atoms with E-state index in [0.29, 0.717) is 12.0 Å². The zero-order valence-corrected chi connectivity index (χ0v) is 12.5. The third-order valence-electron chi connectivity index (χ3n) is 4.28. The molecule has 0 aromatic carbocycles. The van der Waals surface area contributed by atoms with Crippen molar-refractivity contribution in [2.45, 2.75) is 37.6 Å². The number of urea groups is 1. The van der Waals surface area contributed by atoms with Gasteiger partial charge in [-0.1, -0.05) is 6.07 Å². The van der Waals surface area contributed by atoms with Crippen molar-refractivity contribution in [2.24, 2.45) is 0 Å². The van der Waals surface area contributed by atoms with Gasteiger partial charge in [-0.05, 0) is 43.0 Å². The van der Waals surface area contributed by atoms with Gasteiger partial charge in [-0.2, -0.15) is 0 Å². The van der Waals surface area contributed by atoms with Crippen LogP contribution in [0.3, 0.4) is 0 Å². The molecule has 20 heavy (non-hydrogen) atoms. The van der Waals surface area contributed by atoms with Crippen LogP contribution in [0.5, 0.6) is 0 Å². The zero-order valence-electron chi connectivity index (χ0n) is 11.7.